The van der Waals surface area contributed by atoms with Crippen molar-refractivity contribution in [3.05, 3.63) is 28.3 Å². The highest BCUT2D eigenvalue weighted by atomic mass is 35.5. The summed E-state index contributed by atoms with van der Waals surface area (Å²) in [6.45, 7) is 4.05. The van der Waals surface area contributed by atoms with Gasteiger partial charge in [-0.05, 0) is 30.0 Å². The van der Waals surface area contributed by atoms with Gasteiger partial charge in [0, 0.05) is 0 Å². The van der Waals surface area contributed by atoms with Gasteiger partial charge < -0.3 is 10.6 Å². The molecular formula is C11H15ClN2O2. The molecule has 0 saturated carbocycles. The fraction of sp³-hybridized carbons (Fsp3) is 0.364. The summed E-state index contributed by atoms with van der Waals surface area (Å²) in [5, 5.41) is 0.434. The molecule has 0 aliphatic rings. The molecule has 1 aromatic rings. The number of carbonyl (C=O) groups is 1. The molecule has 16 heavy (non-hydrogen) atoms. The lowest BCUT2D eigenvalue weighted by Crippen LogP contribution is -2.15. The van der Waals surface area contributed by atoms with Crippen molar-refractivity contribution in [3.8, 4) is 0 Å². The van der Waals surface area contributed by atoms with Crippen molar-refractivity contribution in [2.45, 2.75) is 20.3 Å². The third-order valence-corrected chi connectivity index (χ3v) is 2.57. The smallest absolute Gasteiger partial charge is 0.356 e. The minimum absolute atomic E-state index is 0.352. The summed E-state index contributed by atoms with van der Waals surface area (Å²) in [6.07, 6.45) is 0.650. The van der Waals surface area contributed by atoms with Crippen molar-refractivity contribution in [1.29, 1.82) is 0 Å². The van der Waals surface area contributed by atoms with Gasteiger partial charge in [-0.25, -0.2) is 4.79 Å². The van der Waals surface area contributed by atoms with Crippen LogP contribution in [0.1, 0.15) is 29.8 Å². The SMILES string of the molecule is CC(C)Cc1c(C(=O)ON)ccc(Cl)c1N. The number of nitrogen functional groups attached to an aromatic ring is 1. The lowest BCUT2D eigenvalue weighted by atomic mass is 9.96. The van der Waals surface area contributed by atoms with E-state index in [0.29, 0.717) is 34.2 Å². The van der Waals surface area contributed by atoms with Crippen LogP contribution in [0, 0.1) is 5.92 Å². The molecule has 0 aromatic heterocycles. The van der Waals surface area contributed by atoms with Crippen LogP contribution in [0.5, 0.6) is 0 Å². The van der Waals surface area contributed by atoms with Crippen molar-refractivity contribution < 1.29 is 9.63 Å². The Balaban J connectivity index is 3.27. The summed E-state index contributed by atoms with van der Waals surface area (Å²) < 4.78 is 0. The molecule has 1 rings (SSSR count). The van der Waals surface area contributed by atoms with E-state index in [9.17, 15) is 4.79 Å². The molecule has 0 aliphatic carbocycles. The first-order valence-corrected chi connectivity index (χ1v) is 5.33. The third kappa shape index (κ3) is 2.65. The second kappa shape index (κ2) is 5.18. The van der Waals surface area contributed by atoms with Crippen LogP contribution in [-0.4, -0.2) is 5.97 Å². The van der Waals surface area contributed by atoms with Crippen LogP contribution in [-0.2, 0) is 11.3 Å². The van der Waals surface area contributed by atoms with Crippen molar-refractivity contribution in [2.24, 2.45) is 11.8 Å². The van der Waals surface area contributed by atoms with Crippen LogP contribution in [0.2, 0.25) is 5.02 Å². The maximum atomic E-state index is 11.4. The predicted octanol–water partition coefficient (Wildman–Crippen LogP) is 2.15. The zero-order valence-corrected chi connectivity index (χ0v) is 10.0. The number of halogens is 1. The topological polar surface area (TPSA) is 78.3 Å². The summed E-state index contributed by atoms with van der Waals surface area (Å²) in [7, 11) is 0. The number of anilines is 1. The highest BCUT2D eigenvalue weighted by Crippen LogP contribution is 2.28. The van der Waals surface area contributed by atoms with Crippen molar-refractivity contribution in [2.75, 3.05) is 5.73 Å². The van der Waals surface area contributed by atoms with Gasteiger partial charge in [0.2, 0.25) is 0 Å². The fourth-order valence-electron chi connectivity index (χ4n) is 1.52. The third-order valence-electron chi connectivity index (χ3n) is 2.24. The molecule has 0 unspecified atom stereocenters. The summed E-state index contributed by atoms with van der Waals surface area (Å²) >= 11 is 5.91. The summed E-state index contributed by atoms with van der Waals surface area (Å²) in [6, 6.07) is 3.14. The maximum Gasteiger partial charge on any atom is 0.356 e. The number of hydrogen-bond donors (Lipinski definition) is 2. The second-order valence-corrected chi connectivity index (χ2v) is 4.40. The highest BCUT2D eigenvalue weighted by molar-refractivity contribution is 6.33. The van der Waals surface area contributed by atoms with E-state index in [2.05, 4.69) is 4.84 Å². The molecule has 0 heterocycles. The zero-order chi connectivity index (χ0) is 12.3. The monoisotopic (exact) mass is 242 g/mol. The number of nitrogens with two attached hydrogens (primary N) is 2. The number of rotatable bonds is 3. The van der Waals surface area contributed by atoms with E-state index in [0.717, 1.165) is 0 Å². The van der Waals surface area contributed by atoms with Gasteiger partial charge in [-0.3, -0.25) is 0 Å². The van der Waals surface area contributed by atoms with E-state index >= 15 is 0 Å². The Morgan fingerprint density at radius 2 is 2.12 bits per heavy atom. The van der Waals surface area contributed by atoms with Crippen LogP contribution >= 0.6 is 11.6 Å². The normalized spacial score (nSPS) is 10.6. The van der Waals surface area contributed by atoms with Crippen molar-refractivity contribution in [3.63, 3.8) is 0 Å². The quantitative estimate of drug-likeness (QED) is 0.629. The molecule has 0 bridgehead atoms. The fourth-order valence-corrected chi connectivity index (χ4v) is 1.70. The minimum Gasteiger partial charge on any atom is -0.397 e. The van der Waals surface area contributed by atoms with Gasteiger partial charge in [-0.1, -0.05) is 25.4 Å². The van der Waals surface area contributed by atoms with Gasteiger partial charge in [-0.2, -0.15) is 5.90 Å². The van der Waals surface area contributed by atoms with E-state index in [1.807, 2.05) is 13.8 Å². The highest BCUT2D eigenvalue weighted by Gasteiger charge is 2.17. The first kappa shape index (κ1) is 12.8. The van der Waals surface area contributed by atoms with E-state index < -0.39 is 5.97 Å². The maximum absolute atomic E-state index is 11.4. The van der Waals surface area contributed by atoms with Gasteiger partial charge in [0.1, 0.15) is 0 Å². The Morgan fingerprint density at radius 1 is 1.50 bits per heavy atom. The molecule has 0 amide bonds. The zero-order valence-electron chi connectivity index (χ0n) is 9.29. The van der Waals surface area contributed by atoms with Crippen LogP contribution < -0.4 is 11.6 Å². The average molecular weight is 243 g/mol. The van der Waals surface area contributed by atoms with Crippen molar-refractivity contribution >= 4 is 23.3 Å². The molecule has 0 atom stereocenters. The average Bonchev–Trinajstić information content (AvgIpc) is 2.23. The van der Waals surface area contributed by atoms with Crippen LogP contribution in [0.25, 0.3) is 0 Å². The van der Waals surface area contributed by atoms with E-state index in [1.165, 1.54) is 0 Å². The molecule has 0 fully saturated rings. The largest absolute Gasteiger partial charge is 0.397 e. The Kier molecular flexibility index (Phi) is 4.15. The first-order valence-electron chi connectivity index (χ1n) is 4.95. The summed E-state index contributed by atoms with van der Waals surface area (Å²) in [5.74, 6) is 4.62. The molecule has 0 aliphatic heterocycles. The van der Waals surface area contributed by atoms with Crippen LogP contribution in [0.15, 0.2) is 12.1 Å². The molecule has 5 heteroatoms. The molecule has 0 saturated heterocycles. The molecule has 88 valence electrons. The molecule has 4 N–H and O–H groups in total. The van der Waals surface area contributed by atoms with Gasteiger partial charge >= 0.3 is 5.97 Å². The van der Waals surface area contributed by atoms with Crippen molar-refractivity contribution in [1.82, 2.24) is 0 Å². The predicted molar refractivity (Wildman–Crippen MR) is 64.0 cm³/mol. The van der Waals surface area contributed by atoms with E-state index in [1.54, 1.807) is 12.1 Å². The van der Waals surface area contributed by atoms with Crippen LogP contribution in [0.4, 0.5) is 5.69 Å². The van der Waals surface area contributed by atoms with Gasteiger partial charge in [-0.15, -0.1) is 0 Å². The Morgan fingerprint density at radius 3 is 2.62 bits per heavy atom. The number of hydrogen-bond acceptors (Lipinski definition) is 4. The number of benzene rings is 1. The standard InChI is InChI=1S/C11H15ClN2O2/c1-6(2)5-8-7(11(15)16-14)3-4-9(12)10(8)13/h3-4,6H,5,13-14H2,1-2H3. The number of carbonyl (C=O) groups excluding carboxylic acids is 1. The Labute approximate surface area is 99.5 Å². The van der Waals surface area contributed by atoms with Gasteiger partial charge in [0.05, 0.1) is 16.3 Å². The molecule has 1 aromatic carbocycles. The molecule has 4 nitrogen and oxygen atoms in total. The first-order chi connectivity index (χ1) is 7.47. The molecular weight excluding hydrogens is 228 g/mol. The van der Waals surface area contributed by atoms with E-state index in [4.69, 9.17) is 23.2 Å². The van der Waals surface area contributed by atoms with E-state index in [-0.39, 0.29) is 0 Å². The molecule has 0 radical (unpaired) electrons. The second-order valence-electron chi connectivity index (χ2n) is 3.99. The molecule has 0 spiro atoms. The van der Waals surface area contributed by atoms with Gasteiger partial charge in [0.25, 0.3) is 0 Å². The Hall–Kier alpha value is -1.26. The summed E-state index contributed by atoms with van der Waals surface area (Å²) in [4.78, 5) is 15.6. The van der Waals surface area contributed by atoms with Gasteiger partial charge in [0.15, 0.2) is 0 Å². The van der Waals surface area contributed by atoms with Crippen LogP contribution in [0.3, 0.4) is 0 Å². The lowest BCUT2D eigenvalue weighted by Gasteiger charge is -2.13. The minimum atomic E-state index is -0.598. The summed E-state index contributed by atoms with van der Waals surface area (Å²) in [5.41, 5.74) is 7.32. The Bertz CT molecular complexity index is 405. The lowest BCUT2D eigenvalue weighted by molar-refractivity contribution is 0.0502.